The first-order valence-corrected chi connectivity index (χ1v) is 9.69. The summed E-state index contributed by atoms with van der Waals surface area (Å²) in [6.45, 7) is 0. The smallest absolute Gasteiger partial charge is 0.124 e. The van der Waals surface area contributed by atoms with Gasteiger partial charge in [-0.05, 0) is 85.6 Å². The van der Waals surface area contributed by atoms with E-state index in [1.807, 2.05) is 12.1 Å². The standard InChI is InChI=1S/C23H25NO2/c25-21-4-2-1-3-18(21)14-24-20-7-5-19(6-8-20)22-10-16-9-17(11-22)13-23(26,12-16)15-22/h1-8,14,16-17,25-26H,9-13,15H2/t16-,17-,22?,23?/m1/s1. The second-order valence-corrected chi connectivity index (χ2v) is 8.83. The Labute approximate surface area is 154 Å². The summed E-state index contributed by atoms with van der Waals surface area (Å²) in [5.74, 6) is 1.63. The summed E-state index contributed by atoms with van der Waals surface area (Å²) in [4.78, 5) is 4.50. The quantitative estimate of drug-likeness (QED) is 0.789. The van der Waals surface area contributed by atoms with E-state index in [9.17, 15) is 10.2 Å². The van der Waals surface area contributed by atoms with E-state index in [-0.39, 0.29) is 11.2 Å². The van der Waals surface area contributed by atoms with E-state index in [0.29, 0.717) is 11.8 Å². The lowest BCUT2D eigenvalue weighted by molar-refractivity contribution is -0.136. The molecule has 134 valence electrons. The minimum absolute atomic E-state index is 0.165. The molecule has 2 aromatic carbocycles. The van der Waals surface area contributed by atoms with Gasteiger partial charge < -0.3 is 10.2 Å². The van der Waals surface area contributed by atoms with Gasteiger partial charge in [-0.25, -0.2) is 0 Å². The Bertz CT molecular complexity index is 841. The Hall–Kier alpha value is -2.13. The molecule has 0 saturated heterocycles. The van der Waals surface area contributed by atoms with Crippen molar-refractivity contribution < 1.29 is 10.2 Å². The average Bonchev–Trinajstić information content (AvgIpc) is 2.59. The van der Waals surface area contributed by atoms with Crippen molar-refractivity contribution >= 4 is 11.9 Å². The van der Waals surface area contributed by atoms with Crippen molar-refractivity contribution in [3.63, 3.8) is 0 Å². The molecule has 0 aromatic heterocycles. The number of nitrogens with zero attached hydrogens (tertiary/aromatic N) is 1. The first-order chi connectivity index (χ1) is 12.5. The van der Waals surface area contributed by atoms with E-state index in [2.05, 4.69) is 29.3 Å². The molecular weight excluding hydrogens is 322 g/mol. The van der Waals surface area contributed by atoms with Gasteiger partial charge in [0.05, 0.1) is 11.3 Å². The fourth-order valence-corrected chi connectivity index (χ4v) is 6.19. The first-order valence-electron chi connectivity index (χ1n) is 9.69. The largest absolute Gasteiger partial charge is 0.507 e. The van der Waals surface area contributed by atoms with Crippen molar-refractivity contribution in [3.05, 3.63) is 59.7 Å². The molecule has 0 amide bonds. The maximum Gasteiger partial charge on any atom is 0.124 e. The number of aromatic hydroxyl groups is 1. The Kier molecular flexibility index (Phi) is 3.51. The fraction of sp³-hybridized carbons (Fsp3) is 0.435. The van der Waals surface area contributed by atoms with Crippen LogP contribution in [0.1, 0.15) is 49.7 Å². The summed E-state index contributed by atoms with van der Waals surface area (Å²) in [7, 11) is 0. The van der Waals surface area contributed by atoms with Gasteiger partial charge in [0.2, 0.25) is 0 Å². The van der Waals surface area contributed by atoms with Crippen molar-refractivity contribution in [1.29, 1.82) is 0 Å². The van der Waals surface area contributed by atoms with Crippen LogP contribution < -0.4 is 0 Å². The summed E-state index contributed by atoms with van der Waals surface area (Å²) in [5.41, 5.74) is 2.72. The minimum Gasteiger partial charge on any atom is -0.507 e. The zero-order valence-electron chi connectivity index (χ0n) is 14.9. The van der Waals surface area contributed by atoms with Crippen LogP contribution in [0.3, 0.4) is 0 Å². The van der Waals surface area contributed by atoms with Crippen molar-refractivity contribution in [3.8, 4) is 5.75 Å². The van der Waals surface area contributed by atoms with E-state index in [1.54, 1.807) is 18.3 Å². The molecule has 2 atom stereocenters. The lowest BCUT2D eigenvalue weighted by Gasteiger charge is -2.60. The van der Waals surface area contributed by atoms with Crippen molar-refractivity contribution in [2.45, 2.75) is 49.5 Å². The van der Waals surface area contributed by atoms with E-state index in [4.69, 9.17) is 0 Å². The Morgan fingerprint density at radius 3 is 2.27 bits per heavy atom. The normalized spacial score (nSPS) is 35.3. The van der Waals surface area contributed by atoms with Crippen molar-refractivity contribution in [2.75, 3.05) is 0 Å². The summed E-state index contributed by atoms with van der Waals surface area (Å²) >= 11 is 0. The molecule has 0 heterocycles. The number of phenols is 1. The van der Waals surface area contributed by atoms with Gasteiger partial charge in [0.15, 0.2) is 0 Å². The molecular formula is C23H25NO2. The lowest BCUT2D eigenvalue weighted by Crippen LogP contribution is -2.57. The van der Waals surface area contributed by atoms with Gasteiger partial charge in [0.1, 0.15) is 5.75 Å². The molecule has 4 fully saturated rings. The number of rotatable bonds is 3. The molecule has 2 N–H and O–H groups in total. The van der Waals surface area contributed by atoms with Crippen LogP contribution in [-0.4, -0.2) is 22.0 Å². The van der Waals surface area contributed by atoms with Crippen LogP contribution >= 0.6 is 0 Å². The maximum absolute atomic E-state index is 11.0. The van der Waals surface area contributed by atoms with Crippen LogP contribution in [0.2, 0.25) is 0 Å². The second kappa shape index (κ2) is 5.68. The third-order valence-corrected chi connectivity index (χ3v) is 6.80. The van der Waals surface area contributed by atoms with Gasteiger partial charge >= 0.3 is 0 Å². The van der Waals surface area contributed by atoms with Gasteiger partial charge in [-0.2, -0.15) is 0 Å². The summed E-state index contributed by atoms with van der Waals surface area (Å²) in [6.07, 6.45) is 8.42. The van der Waals surface area contributed by atoms with Crippen LogP contribution in [0.5, 0.6) is 5.75 Å². The molecule has 4 saturated carbocycles. The average molecular weight is 347 g/mol. The second-order valence-electron chi connectivity index (χ2n) is 8.83. The number of aliphatic imine (C=N–C) groups is 1. The van der Waals surface area contributed by atoms with Gasteiger partial charge in [-0.3, -0.25) is 4.99 Å². The van der Waals surface area contributed by atoms with Crippen LogP contribution in [0.25, 0.3) is 0 Å². The third kappa shape index (κ3) is 2.66. The molecule has 0 spiro atoms. The lowest BCUT2D eigenvalue weighted by atomic mass is 9.46. The predicted molar refractivity (Wildman–Crippen MR) is 103 cm³/mol. The SMILES string of the molecule is Oc1ccccc1C=Nc1ccc(C23C[C@H]4C[C@@H](CC(O)(C4)C2)C3)cc1. The highest BCUT2D eigenvalue weighted by atomic mass is 16.3. The zero-order chi connectivity index (χ0) is 17.8. The van der Waals surface area contributed by atoms with Crippen LogP contribution in [0, 0.1) is 11.8 Å². The number of phenolic OH excluding ortho intramolecular Hbond substituents is 1. The first kappa shape index (κ1) is 16.1. The molecule has 4 aliphatic carbocycles. The fourth-order valence-electron chi connectivity index (χ4n) is 6.19. The summed E-state index contributed by atoms with van der Waals surface area (Å²) in [5, 5.41) is 20.8. The van der Waals surface area contributed by atoms with Crippen molar-refractivity contribution in [2.24, 2.45) is 16.8 Å². The Balaban J connectivity index is 1.40. The Morgan fingerprint density at radius 1 is 0.923 bits per heavy atom. The number of hydrogen-bond donors (Lipinski definition) is 2. The molecule has 4 aliphatic rings. The number of benzene rings is 2. The topological polar surface area (TPSA) is 52.8 Å². The highest BCUT2D eigenvalue weighted by molar-refractivity contribution is 5.85. The minimum atomic E-state index is -0.425. The van der Waals surface area contributed by atoms with E-state index >= 15 is 0 Å². The molecule has 26 heavy (non-hydrogen) atoms. The molecule has 3 nitrogen and oxygen atoms in total. The predicted octanol–water partition coefficient (Wildman–Crippen LogP) is 4.73. The highest BCUT2D eigenvalue weighted by Gasteiger charge is 2.57. The monoisotopic (exact) mass is 347 g/mol. The third-order valence-electron chi connectivity index (χ3n) is 6.80. The zero-order valence-corrected chi connectivity index (χ0v) is 14.9. The van der Waals surface area contributed by atoms with Gasteiger partial charge in [0.25, 0.3) is 0 Å². The maximum atomic E-state index is 11.0. The van der Waals surface area contributed by atoms with Crippen LogP contribution in [0.15, 0.2) is 53.5 Å². The van der Waals surface area contributed by atoms with Gasteiger partial charge in [-0.15, -0.1) is 0 Å². The number of aliphatic hydroxyl groups is 1. The number of para-hydroxylation sites is 1. The molecule has 2 aromatic rings. The summed E-state index contributed by atoms with van der Waals surface area (Å²) in [6, 6.07) is 15.7. The van der Waals surface area contributed by atoms with Crippen molar-refractivity contribution in [1.82, 2.24) is 0 Å². The Morgan fingerprint density at radius 2 is 1.62 bits per heavy atom. The van der Waals surface area contributed by atoms with E-state index in [1.165, 1.54) is 24.8 Å². The van der Waals surface area contributed by atoms with Gasteiger partial charge in [-0.1, -0.05) is 24.3 Å². The molecule has 4 bridgehead atoms. The molecule has 6 rings (SSSR count). The molecule has 0 radical (unpaired) electrons. The van der Waals surface area contributed by atoms with Crippen LogP contribution in [0.4, 0.5) is 5.69 Å². The van der Waals surface area contributed by atoms with E-state index in [0.717, 1.165) is 30.5 Å². The summed E-state index contributed by atoms with van der Waals surface area (Å²) < 4.78 is 0. The highest BCUT2D eigenvalue weighted by Crippen LogP contribution is 2.62. The van der Waals surface area contributed by atoms with E-state index < -0.39 is 5.60 Å². The number of hydrogen-bond acceptors (Lipinski definition) is 3. The van der Waals surface area contributed by atoms with Crippen LogP contribution in [-0.2, 0) is 5.41 Å². The van der Waals surface area contributed by atoms with Gasteiger partial charge in [0, 0.05) is 11.8 Å². The molecule has 3 heteroatoms. The molecule has 0 unspecified atom stereocenters. The molecule has 0 aliphatic heterocycles.